The Morgan fingerprint density at radius 3 is 2.21 bits per heavy atom. The van der Waals surface area contributed by atoms with Gasteiger partial charge < -0.3 is 10.5 Å². The molecule has 0 spiro atoms. The van der Waals surface area contributed by atoms with Gasteiger partial charge in [0.15, 0.2) is 0 Å². The van der Waals surface area contributed by atoms with Gasteiger partial charge in [-0.15, -0.1) is 0 Å². The van der Waals surface area contributed by atoms with Crippen LogP contribution in [-0.4, -0.2) is 22.2 Å². The average molecular weight is 352 g/mol. The van der Waals surface area contributed by atoms with Crippen molar-refractivity contribution in [1.29, 1.82) is 0 Å². The minimum Gasteiger partial charge on any atom is -0.488 e. The lowest BCUT2D eigenvalue weighted by Crippen LogP contribution is -2.35. The van der Waals surface area contributed by atoms with Crippen LogP contribution in [0.15, 0.2) is 12.1 Å². The first-order valence-electron chi connectivity index (χ1n) is 8.81. The van der Waals surface area contributed by atoms with Crippen LogP contribution in [0.25, 0.3) is 0 Å². The maximum absolute atomic E-state index is 11.9. The Balaban J connectivity index is 2.16. The molecule has 2 rings (SSSR count). The number of hydrogen-bond donors (Lipinski definition) is 2. The topological polar surface area (TPSA) is 72.5 Å². The van der Waals surface area contributed by atoms with E-state index in [0.717, 1.165) is 55.4 Å². The molecule has 0 radical (unpaired) electrons. The zero-order valence-electron chi connectivity index (χ0n) is 15.4. The van der Waals surface area contributed by atoms with E-state index < -0.39 is 13.2 Å². The van der Waals surface area contributed by atoms with Crippen LogP contribution in [0.5, 0.6) is 5.75 Å². The van der Waals surface area contributed by atoms with Crippen LogP contribution in [0.4, 0.5) is 0 Å². The van der Waals surface area contributed by atoms with Gasteiger partial charge in [-0.05, 0) is 68.2 Å². The Hall–Kier alpha value is -0.960. The molecule has 1 fully saturated rings. The van der Waals surface area contributed by atoms with Gasteiger partial charge in [0.05, 0.1) is 0 Å². The van der Waals surface area contributed by atoms with E-state index in [1.54, 1.807) is 0 Å². The zero-order chi connectivity index (χ0) is 18.0. The van der Waals surface area contributed by atoms with Crippen molar-refractivity contribution in [2.75, 3.05) is 6.61 Å². The van der Waals surface area contributed by atoms with E-state index >= 15 is 0 Å². The normalized spacial score (nSPS) is 18.3. The highest BCUT2D eigenvalue weighted by atomic mass is 31.1. The quantitative estimate of drug-likeness (QED) is 0.744. The molecule has 1 atom stereocenters. The molecule has 1 aliphatic carbocycles. The number of nitrogens with two attached hydrogens (primary N) is 1. The van der Waals surface area contributed by atoms with Crippen LogP contribution in [-0.2, 0) is 11.0 Å². The monoisotopic (exact) mass is 352 g/mol. The van der Waals surface area contributed by atoms with E-state index in [2.05, 4.69) is 12.1 Å². The van der Waals surface area contributed by atoms with Crippen LogP contribution in [0.3, 0.4) is 0 Å². The third-order valence-electron chi connectivity index (χ3n) is 4.86. The first-order chi connectivity index (χ1) is 11.1. The molecule has 1 aromatic carbocycles. The second kappa shape index (κ2) is 7.51. The molecule has 3 N–H and O–H groups in total. The summed E-state index contributed by atoms with van der Waals surface area (Å²) < 4.78 is 18.0. The molecule has 0 heterocycles. The van der Waals surface area contributed by atoms with Gasteiger partial charge in [0.25, 0.3) is 0 Å². The minimum absolute atomic E-state index is 0.247. The van der Waals surface area contributed by atoms with Crippen molar-refractivity contribution < 1.29 is 14.2 Å². The molecule has 0 aliphatic heterocycles. The van der Waals surface area contributed by atoms with E-state index in [9.17, 15) is 9.46 Å². The van der Waals surface area contributed by atoms with Crippen molar-refractivity contribution in [3.63, 3.8) is 0 Å². The first kappa shape index (κ1) is 19.4. The number of rotatable bonds is 6. The third kappa shape index (κ3) is 4.78. The van der Waals surface area contributed by atoms with Crippen LogP contribution in [0.1, 0.15) is 62.6 Å². The molecule has 0 amide bonds. The lowest BCUT2D eigenvalue weighted by Gasteiger charge is -2.27. The summed E-state index contributed by atoms with van der Waals surface area (Å²) in [5, 5.41) is -0.579. The first-order valence-corrected chi connectivity index (χ1v) is 10.0. The highest BCUT2D eigenvalue weighted by molar-refractivity contribution is 7.40. The van der Waals surface area contributed by atoms with Crippen molar-refractivity contribution in [3.05, 3.63) is 28.8 Å². The standard InChI is InChI=1S/C19H30NO3P/c1-14-10-16(12-18(3,4)20)11-15(2)17(14)23-13-19(24(21)22)8-6-5-7-9-19/h10-11H,5-9,12-13,20H2,1-4H3/p+1. The van der Waals surface area contributed by atoms with Gasteiger partial charge >= 0.3 is 8.03 Å². The SMILES string of the molecule is Cc1cc(CC(C)(C)N)cc(C)c1OCC1([P+](=O)O)CCCCC1. The largest absolute Gasteiger partial charge is 0.515 e. The molecule has 134 valence electrons. The van der Waals surface area contributed by atoms with Crippen molar-refractivity contribution >= 4 is 8.03 Å². The van der Waals surface area contributed by atoms with Crippen molar-refractivity contribution in [1.82, 2.24) is 0 Å². The van der Waals surface area contributed by atoms with Gasteiger partial charge in [0.1, 0.15) is 12.4 Å². The molecule has 0 bridgehead atoms. The van der Waals surface area contributed by atoms with Crippen LogP contribution in [0.2, 0.25) is 0 Å². The maximum Gasteiger partial charge on any atom is 0.515 e. The maximum atomic E-state index is 11.9. The number of aryl methyl sites for hydroxylation is 2. The summed E-state index contributed by atoms with van der Waals surface area (Å²) in [6.45, 7) is 8.42. The lowest BCUT2D eigenvalue weighted by atomic mass is 9.89. The van der Waals surface area contributed by atoms with Crippen LogP contribution in [0, 0.1) is 13.8 Å². The summed E-state index contributed by atoms with van der Waals surface area (Å²) in [7, 11) is -2.23. The van der Waals surface area contributed by atoms with Gasteiger partial charge in [0, 0.05) is 18.4 Å². The van der Waals surface area contributed by atoms with E-state index in [4.69, 9.17) is 10.5 Å². The molecule has 5 heteroatoms. The fraction of sp³-hybridized carbons (Fsp3) is 0.684. The summed E-state index contributed by atoms with van der Waals surface area (Å²) >= 11 is 0. The minimum atomic E-state index is -2.23. The summed E-state index contributed by atoms with van der Waals surface area (Å²) in [6, 6.07) is 4.23. The summed E-state index contributed by atoms with van der Waals surface area (Å²) in [4.78, 5) is 9.83. The van der Waals surface area contributed by atoms with Crippen molar-refractivity contribution in [2.45, 2.75) is 76.9 Å². The van der Waals surface area contributed by atoms with Crippen LogP contribution < -0.4 is 10.5 Å². The summed E-state index contributed by atoms with van der Waals surface area (Å²) in [5.41, 5.74) is 9.20. The van der Waals surface area contributed by atoms with Crippen molar-refractivity contribution in [2.24, 2.45) is 5.73 Å². The number of ether oxygens (including phenoxy) is 1. The number of benzene rings is 1. The highest BCUT2D eigenvalue weighted by Crippen LogP contribution is 2.47. The average Bonchev–Trinajstić information content (AvgIpc) is 2.45. The van der Waals surface area contributed by atoms with Gasteiger partial charge in [-0.25, -0.2) is 0 Å². The second-order valence-electron chi connectivity index (χ2n) is 8.07. The molecule has 0 saturated heterocycles. The fourth-order valence-electron chi connectivity index (χ4n) is 3.70. The predicted molar refractivity (Wildman–Crippen MR) is 99.0 cm³/mol. The van der Waals surface area contributed by atoms with Crippen LogP contribution >= 0.6 is 8.03 Å². The lowest BCUT2D eigenvalue weighted by molar-refractivity contribution is 0.215. The molecule has 1 aromatic rings. The highest BCUT2D eigenvalue weighted by Gasteiger charge is 2.50. The Morgan fingerprint density at radius 1 is 1.21 bits per heavy atom. The molecule has 1 aliphatic rings. The Kier molecular flexibility index (Phi) is 6.06. The zero-order valence-corrected chi connectivity index (χ0v) is 16.3. The molecule has 0 aromatic heterocycles. The molecule has 1 saturated carbocycles. The summed E-state index contributed by atoms with van der Waals surface area (Å²) in [5.74, 6) is 0.843. The Labute approximate surface area is 146 Å². The molecular weight excluding hydrogens is 321 g/mol. The van der Waals surface area contributed by atoms with E-state index in [1.807, 2.05) is 27.7 Å². The van der Waals surface area contributed by atoms with E-state index in [0.29, 0.717) is 6.61 Å². The van der Waals surface area contributed by atoms with Gasteiger partial charge in [-0.2, -0.15) is 4.89 Å². The second-order valence-corrected chi connectivity index (χ2v) is 9.57. The summed E-state index contributed by atoms with van der Waals surface area (Å²) in [6.07, 6.45) is 5.52. The third-order valence-corrected chi connectivity index (χ3v) is 6.24. The smallest absolute Gasteiger partial charge is 0.488 e. The van der Waals surface area contributed by atoms with E-state index in [-0.39, 0.29) is 5.54 Å². The van der Waals surface area contributed by atoms with Crippen molar-refractivity contribution in [3.8, 4) is 5.75 Å². The van der Waals surface area contributed by atoms with Gasteiger partial charge in [0.2, 0.25) is 5.16 Å². The molecule has 24 heavy (non-hydrogen) atoms. The Morgan fingerprint density at radius 2 is 1.75 bits per heavy atom. The van der Waals surface area contributed by atoms with Gasteiger partial charge in [-0.1, -0.05) is 18.6 Å². The molecule has 4 nitrogen and oxygen atoms in total. The fourth-order valence-corrected chi connectivity index (χ4v) is 4.58. The predicted octanol–water partition coefficient (Wildman–Crippen LogP) is 4.40. The molecule has 1 unspecified atom stereocenters. The van der Waals surface area contributed by atoms with Gasteiger partial charge in [-0.3, -0.25) is 0 Å². The van der Waals surface area contributed by atoms with E-state index in [1.165, 1.54) is 5.56 Å². The molecular formula is C19H31NO3P+. The number of hydrogen-bond acceptors (Lipinski definition) is 3. The Bertz CT molecular complexity index is 578.